The van der Waals surface area contributed by atoms with Crippen LogP contribution < -0.4 is 9.47 Å². The Balaban J connectivity index is 2.61. The first-order chi connectivity index (χ1) is 9.06. The van der Waals surface area contributed by atoms with Gasteiger partial charge in [-0.15, -0.1) is 0 Å². The van der Waals surface area contributed by atoms with Crippen molar-refractivity contribution in [1.82, 2.24) is 0 Å². The summed E-state index contributed by atoms with van der Waals surface area (Å²) in [5, 5.41) is 9.64. The van der Waals surface area contributed by atoms with Crippen molar-refractivity contribution >= 4 is 17.6 Å². The molecule has 1 unspecified atom stereocenters. The minimum absolute atomic E-state index is 0.427. The summed E-state index contributed by atoms with van der Waals surface area (Å²) in [6.07, 6.45) is 1.46. The van der Waals surface area contributed by atoms with E-state index in [1.54, 1.807) is 13.0 Å². The zero-order valence-corrected chi connectivity index (χ0v) is 11.8. The second-order valence-electron chi connectivity index (χ2n) is 4.54. The first-order valence-electron chi connectivity index (χ1n) is 6.40. The molecule has 0 saturated heterocycles. The monoisotopic (exact) mass is 284 g/mol. The molecule has 19 heavy (non-hydrogen) atoms. The molecule has 0 aliphatic carbocycles. The minimum Gasteiger partial charge on any atom is -0.489 e. The second kappa shape index (κ2) is 5.70. The van der Waals surface area contributed by atoms with Crippen LogP contribution in [0.15, 0.2) is 6.07 Å². The highest BCUT2D eigenvalue weighted by Gasteiger charge is 2.26. The zero-order valence-electron chi connectivity index (χ0n) is 11.0. The molecule has 2 rings (SSSR count). The van der Waals surface area contributed by atoms with Gasteiger partial charge < -0.3 is 14.6 Å². The van der Waals surface area contributed by atoms with Gasteiger partial charge >= 0.3 is 5.97 Å². The van der Waals surface area contributed by atoms with Gasteiger partial charge in [0.05, 0.1) is 19.1 Å². The maximum atomic E-state index is 11.2. The highest BCUT2D eigenvalue weighted by Crippen LogP contribution is 2.42. The van der Waals surface area contributed by atoms with Gasteiger partial charge in [-0.25, -0.2) is 0 Å². The Kier molecular flexibility index (Phi) is 4.20. The number of halogens is 1. The molecular weight excluding hydrogens is 268 g/mol. The van der Waals surface area contributed by atoms with Crippen molar-refractivity contribution in [3.63, 3.8) is 0 Å². The first kappa shape index (κ1) is 14.0. The Morgan fingerprint density at radius 3 is 2.79 bits per heavy atom. The highest BCUT2D eigenvalue weighted by atomic mass is 35.5. The van der Waals surface area contributed by atoms with Gasteiger partial charge in [-0.2, -0.15) is 0 Å². The Bertz CT molecular complexity index is 499. The Hall–Kier alpha value is -1.42. The summed E-state index contributed by atoms with van der Waals surface area (Å²) < 4.78 is 11.3. The average Bonchev–Trinajstić information content (AvgIpc) is 2.61. The van der Waals surface area contributed by atoms with E-state index in [-0.39, 0.29) is 0 Å². The Labute approximate surface area is 117 Å². The number of hydrogen-bond donors (Lipinski definition) is 1. The molecule has 0 aromatic heterocycles. The number of hydrogen-bond acceptors (Lipinski definition) is 3. The summed E-state index contributed by atoms with van der Waals surface area (Å²) in [6, 6.07) is 1.66. The van der Waals surface area contributed by atoms with Crippen LogP contribution >= 0.6 is 11.6 Å². The van der Waals surface area contributed by atoms with Crippen LogP contribution in [0.1, 0.15) is 37.3 Å². The molecule has 1 atom stereocenters. The number of ether oxygens (including phenoxy) is 2. The number of carboxylic acid groups (broad SMARTS) is 1. The van der Waals surface area contributed by atoms with Crippen LogP contribution in [0, 0.1) is 0 Å². The fraction of sp³-hybridized carbons (Fsp3) is 0.500. The number of carbonyl (C=O) groups is 1. The van der Waals surface area contributed by atoms with Gasteiger partial charge in [-0.05, 0) is 18.9 Å². The molecule has 0 saturated carbocycles. The SMILES string of the molecule is CCc1c2c(cc(Cl)c1C(C)C(=O)O)OCCCO2. The fourth-order valence-electron chi connectivity index (χ4n) is 2.30. The quantitative estimate of drug-likeness (QED) is 0.926. The Morgan fingerprint density at radius 1 is 1.47 bits per heavy atom. The minimum atomic E-state index is -0.897. The summed E-state index contributed by atoms with van der Waals surface area (Å²) >= 11 is 6.24. The molecule has 1 aromatic carbocycles. The van der Waals surface area contributed by atoms with Crippen LogP contribution in [0.4, 0.5) is 0 Å². The van der Waals surface area contributed by atoms with E-state index < -0.39 is 11.9 Å². The lowest BCUT2D eigenvalue weighted by atomic mass is 9.93. The number of benzene rings is 1. The van der Waals surface area contributed by atoms with Crippen LogP contribution in [0.2, 0.25) is 5.02 Å². The Morgan fingerprint density at radius 2 is 2.16 bits per heavy atom. The van der Waals surface area contributed by atoms with Crippen molar-refractivity contribution in [1.29, 1.82) is 0 Å². The zero-order chi connectivity index (χ0) is 14.0. The summed E-state index contributed by atoms with van der Waals surface area (Å²) in [5.74, 6) is -0.307. The summed E-state index contributed by atoms with van der Waals surface area (Å²) in [5.41, 5.74) is 1.46. The van der Waals surface area contributed by atoms with Crippen molar-refractivity contribution in [3.05, 3.63) is 22.2 Å². The van der Waals surface area contributed by atoms with E-state index in [2.05, 4.69) is 0 Å². The summed E-state index contributed by atoms with van der Waals surface area (Å²) in [4.78, 5) is 11.2. The molecule has 1 aliphatic rings. The van der Waals surface area contributed by atoms with Crippen molar-refractivity contribution < 1.29 is 19.4 Å². The third-order valence-corrected chi connectivity index (χ3v) is 3.60. The van der Waals surface area contributed by atoms with E-state index in [1.807, 2.05) is 6.92 Å². The lowest BCUT2D eigenvalue weighted by Gasteiger charge is -2.19. The van der Waals surface area contributed by atoms with E-state index in [9.17, 15) is 9.90 Å². The van der Waals surface area contributed by atoms with Crippen molar-refractivity contribution in [2.24, 2.45) is 0 Å². The normalized spacial score (nSPS) is 15.7. The maximum absolute atomic E-state index is 11.2. The molecule has 104 valence electrons. The van der Waals surface area contributed by atoms with Gasteiger partial charge in [-0.3, -0.25) is 4.79 Å². The molecule has 0 spiro atoms. The van der Waals surface area contributed by atoms with Crippen LogP contribution in [0.3, 0.4) is 0 Å². The van der Waals surface area contributed by atoms with Gasteiger partial charge in [0, 0.05) is 23.1 Å². The third kappa shape index (κ3) is 2.63. The molecule has 1 heterocycles. The van der Waals surface area contributed by atoms with Crippen molar-refractivity contribution in [2.75, 3.05) is 13.2 Å². The topological polar surface area (TPSA) is 55.8 Å². The standard InChI is InChI=1S/C14H17ClO4/c1-3-9-12(8(2)14(16)17)10(15)7-11-13(9)19-6-4-5-18-11/h7-8H,3-6H2,1-2H3,(H,16,17). The van der Waals surface area contributed by atoms with E-state index in [1.165, 1.54) is 0 Å². The van der Waals surface area contributed by atoms with Gasteiger partial charge in [0.25, 0.3) is 0 Å². The third-order valence-electron chi connectivity index (χ3n) is 3.29. The molecular formula is C14H17ClO4. The molecule has 4 nitrogen and oxygen atoms in total. The molecule has 5 heteroatoms. The lowest BCUT2D eigenvalue weighted by Crippen LogP contribution is -2.12. The van der Waals surface area contributed by atoms with Gasteiger partial charge in [-0.1, -0.05) is 18.5 Å². The lowest BCUT2D eigenvalue weighted by molar-refractivity contribution is -0.138. The molecule has 0 bridgehead atoms. The first-order valence-corrected chi connectivity index (χ1v) is 6.77. The molecule has 0 radical (unpaired) electrons. The molecule has 1 aromatic rings. The van der Waals surface area contributed by atoms with Gasteiger partial charge in [0.2, 0.25) is 0 Å². The summed E-state index contributed by atoms with van der Waals surface area (Å²) in [6.45, 7) is 4.74. The van der Waals surface area contributed by atoms with E-state index >= 15 is 0 Å². The number of fused-ring (bicyclic) bond motifs is 1. The largest absolute Gasteiger partial charge is 0.489 e. The molecule has 0 amide bonds. The van der Waals surface area contributed by atoms with Crippen molar-refractivity contribution in [3.8, 4) is 11.5 Å². The second-order valence-corrected chi connectivity index (χ2v) is 4.95. The maximum Gasteiger partial charge on any atom is 0.310 e. The molecule has 0 fully saturated rings. The molecule has 1 aliphatic heterocycles. The van der Waals surface area contributed by atoms with Crippen molar-refractivity contribution in [2.45, 2.75) is 32.6 Å². The number of carboxylic acids is 1. The predicted molar refractivity (Wildman–Crippen MR) is 72.5 cm³/mol. The number of rotatable bonds is 3. The van der Waals surface area contributed by atoms with E-state index in [4.69, 9.17) is 21.1 Å². The van der Waals surface area contributed by atoms with Crippen LogP contribution in [-0.4, -0.2) is 24.3 Å². The highest BCUT2D eigenvalue weighted by molar-refractivity contribution is 6.32. The van der Waals surface area contributed by atoms with Gasteiger partial charge in [0.1, 0.15) is 0 Å². The van der Waals surface area contributed by atoms with Crippen LogP contribution in [0.25, 0.3) is 0 Å². The van der Waals surface area contributed by atoms with E-state index in [0.29, 0.717) is 41.7 Å². The number of aliphatic carboxylic acids is 1. The molecule has 1 N–H and O–H groups in total. The van der Waals surface area contributed by atoms with Crippen LogP contribution in [-0.2, 0) is 11.2 Å². The average molecular weight is 285 g/mol. The smallest absolute Gasteiger partial charge is 0.310 e. The predicted octanol–water partition coefficient (Wildman–Crippen LogP) is 3.25. The van der Waals surface area contributed by atoms with Crippen LogP contribution in [0.5, 0.6) is 11.5 Å². The van der Waals surface area contributed by atoms with E-state index in [0.717, 1.165) is 12.0 Å². The fourth-order valence-corrected chi connectivity index (χ4v) is 2.67. The summed E-state index contributed by atoms with van der Waals surface area (Å²) in [7, 11) is 0. The van der Waals surface area contributed by atoms with Gasteiger partial charge in [0.15, 0.2) is 11.5 Å².